The van der Waals surface area contributed by atoms with Crippen molar-refractivity contribution < 1.29 is 13.9 Å². The predicted molar refractivity (Wildman–Crippen MR) is 135 cm³/mol. The van der Waals surface area contributed by atoms with Gasteiger partial charge in [0, 0.05) is 25.0 Å². The number of pyridine rings is 1. The highest BCUT2D eigenvalue weighted by Crippen LogP contribution is 2.61. The molecule has 6 heteroatoms. The van der Waals surface area contributed by atoms with Crippen molar-refractivity contribution in [3.63, 3.8) is 0 Å². The number of hydrogen-bond donors (Lipinski definition) is 2. The number of benzene rings is 1. The molecule has 4 saturated carbocycles. The second-order valence-electron chi connectivity index (χ2n) is 11.0. The van der Waals surface area contributed by atoms with E-state index in [-0.39, 0.29) is 17.9 Å². The van der Waals surface area contributed by atoms with Gasteiger partial charge in [0.15, 0.2) is 0 Å². The fourth-order valence-electron chi connectivity index (χ4n) is 7.28. The number of alkyl halides is 1. The fourth-order valence-corrected chi connectivity index (χ4v) is 7.28. The molecule has 0 atom stereocenters. The molecule has 4 aliphatic carbocycles. The zero-order chi connectivity index (χ0) is 23.4. The van der Waals surface area contributed by atoms with Crippen LogP contribution in [-0.2, 0) is 9.53 Å². The average Bonchev–Trinajstić information content (AvgIpc) is 2.79. The minimum atomic E-state index is -0.414. The zero-order valence-corrected chi connectivity index (χ0v) is 20.2. The van der Waals surface area contributed by atoms with Gasteiger partial charge in [-0.05, 0) is 105 Å². The van der Waals surface area contributed by atoms with E-state index >= 15 is 0 Å². The summed E-state index contributed by atoms with van der Waals surface area (Å²) in [6.45, 7) is 1.24. The first kappa shape index (κ1) is 23.5. The maximum Gasteiger partial charge on any atom is 0.224 e. The van der Waals surface area contributed by atoms with Gasteiger partial charge in [-0.25, -0.2) is 9.37 Å². The van der Waals surface area contributed by atoms with Crippen molar-refractivity contribution in [2.75, 3.05) is 37.1 Å². The van der Waals surface area contributed by atoms with E-state index in [1.165, 1.54) is 38.5 Å². The topological polar surface area (TPSA) is 63.2 Å². The van der Waals surface area contributed by atoms with Crippen LogP contribution < -0.4 is 10.6 Å². The summed E-state index contributed by atoms with van der Waals surface area (Å²) in [5.41, 5.74) is 2.00. The van der Waals surface area contributed by atoms with Crippen molar-refractivity contribution in [3.8, 4) is 0 Å². The third-order valence-corrected chi connectivity index (χ3v) is 8.20. The van der Waals surface area contributed by atoms with E-state index in [0.717, 1.165) is 66.0 Å². The number of amides is 1. The summed E-state index contributed by atoms with van der Waals surface area (Å²) < 4.78 is 17.2. The van der Waals surface area contributed by atoms with E-state index in [4.69, 9.17) is 9.72 Å². The molecule has 1 aromatic carbocycles. The summed E-state index contributed by atoms with van der Waals surface area (Å²) in [6.07, 6.45) is 11.6. The second-order valence-corrected chi connectivity index (χ2v) is 11.0. The zero-order valence-electron chi connectivity index (χ0n) is 20.2. The maximum atomic E-state index is 13.1. The van der Waals surface area contributed by atoms with Crippen LogP contribution in [0, 0.1) is 23.2 Å². The van der Waals surface area contributed by atoms with Gasteiger partial charge in [0.25, 0.3) is 0 Å². The van der Waals surface area contributed by atoms with Crippen LogP contribution in [0.2, 0.25) is 0 Å². The Labute approximate surface area is 202 Å². The smallest absolute Gasteiger partial charge is 0.224 e. The molecule has 0 spiro atoms. The van der Waals surface area contributed by atoms with Crippen LogP contribution >= 0.6 is 0 Å². The first-order chi connectivity index (χ1) is 16.6. The Morgan fingerprint density at radius 2 is 1.76 bits per heavy atom. The predicted octanol–water partition coefficient (Wildman–Crippen LogP) is 6.35. The van der Waals surface area contributed by atoms with Crippen LogP contribution in [0.3, 0.4) is 0 Å². The van der Waals surface area contributed by atoms with Gasteiger partial charge in [0.1, 0.15) is 12.5 Å². The number of hydrogen-bond acceptors (Lipinski definition) is 4. The fraction of sp³-hybridized carbons (Fsp3) is 0.643. The highest BCUT2D eigenvalue weighted by molar-refractivity contribution is 6.01. The number of fused-ring (bicyclic) bond motifs is 1. The monoisotopic (exact) mass is 466 g/mol. The van der Waals surface area contributed by atoms with Gasteiger partial charge in [-0.2, -0.15) is 0 Å². The quantitative estimate of drug-likeness (QED) is 0.358. The Bertz CT molecular complexity index is 959. The van der Waals surface area contributed by atoms with Gasteiger partial charge in [-0.3, -0.25) is 4.79 Å². The third-order valence-electron chi connectivity index (χ3n) is 8.20. The van der Waals surface area contributed by atoms with Gasteiger partial charge in [-0.1, -0.05) is 6.07 Å². The number of carbonyl (C=O) groups is 1. The van der Waals surface area contributed by atoms with Crippen molar-refractivity contribution in [2.45, 2.75) is 64.2 Å². The lowest BCUT2D eigenvalue weighted by molar-refractivity contribution is -0.124. The number of halogens is 1. The van der Waals surface area contributed by atoms with Gasteiger partial charge in [0.05, 0.1) is 17.8 Å². The number of carbonyl (C=O) groups excluding carboxylic acids is 1. The molecule has 0 radical (unpaired) electrons. The molecule has 4 bridgehead atoms. The van der Waals surface area contributed by atoms with E-state index in [0.29, 0.717) is 13.0 Å². The van der Waals surface area contributed by atoms with Crippen LogP contribution in [0.15, 0.2) is 30.3 Å². The third kappa shape index (κ3) is 5.54. The Morgan fingerprint density at radius 1 is 1.00 bits per heavy atom. The van der Waals surface area contributed by atoms with Gasteiger partial charge in [0.2, 0.25) is 5.91 Å². The van der Waals surface area contributed by atoms with E-state index < -0.39 is 6.67 Å². The molecule has 184 valence electrons. The first-order valence-corrected chi connectivity index (χ1v) is 13.2. The lowest BCUT2D eigenvalue weighted by Crippen LogP contribution is -2.47. The molecule has 5 nitrogen and oxygen atoms in total. The normalized spacial score (nSPS) is 27.3. The molecule has 6 rings (SSSR count). The number of unbranched alkanes of at least 4 members (excludes halogenated alkanes) is 2. The molecule has 2 aromatic rings. The Morgan fingerprint density at radius 3 is 2.50 bits per heavy atom. The summed E-state index contributed by atoms with van der Waals surface area (Å²) in [5, 5.41) is 7.59. The molecule has 4 fully saturated rings. The molecule has 1 amide bonds. The largest absolute Gasteiger partial charge is 0.379 e. The Kier molecular flexibility index (Phi) is 7.33. The average molecular weight is 467 g/mol. The van der Waals surface area contributed by atoms with E-state index in [9.17, 15) is 9.18 Å². The highest BCUT2D eigenvalue weighted by atomic mass is 18.2. The van der Waals surface area contributed by atoms with Crippen LogP contribution in [0.25, 0.3) is 10.9 Å². The number of anilines is 2. The van der Waals surface area contributed by atoms with Crippen molar-refractivity contribution in [3.05, 3.63) is 30.3 Å². The van der Waals surface area contributed by atoms with Crippen molar-refractivity contribution >= 4 is 28.3 Å². The van der Waals surface area contributed by atoms with Crippen molar-refractivity contribution in [1.29, 1.82) is 0 Å². The first-order valence-electron chi connectivity index (χ1n) is 13.2. The van der Waals surface area contributed by atoms with E-state index in [1.54, 1.807) is 0 Å². The molecule has 1 heterocycles. The van der Waals surface area contributed by atoms with Gasteiger partial charge >= 0.3 is 0 Å². The van der Waals surface area contributed by atoms with Crippen LogP contribution in [0.1, 0.15) is 64.2 Å². The summed E-state index contributed by atoms with van der Waals surface area (Å²) in [5.74, 6) is 3.59. The molecule has 34 heavy (non-hydrogen) atoms. The summed E-state index contributed by atoms with van der Waals surface area (Å²) in [4.78, 5) is 17.9. The molecular formula is C28H38FN3O2. The molecule has 4 aliphatic rings. The summed E-state index contributed by atoms with van der Waals surface area (Å²) >= 11 is 0. The SMILES string of the molecule is O=C(CC12CC3CC(CC(C3)C1)C2)Nc1cccc2nc(NCCCCCOCC[18F])ccc12. The lowest BCUT2D eigenvalue weighted by atomic mass is 9.49. The van der Waals surface area contributed by atoms with Crippen LogP contribution in [0.4, 0.5) is 15.9 Å². The number of aromatic nitrogens is 1. The van der Waals surface area contributed by atoms with Crippen LogP contribution in [-0.4, -0.2) is 37.3 Å². The molecular weight excluding hydrogens is 428 g/mol. The molecule has 0 aliphatic heterocycles. The summed E-state index contributed by atoms with van der Waals surface area (Å²) in [6, 6.07) is 9.99. The summed E-state index contributed by atoms with van der Waals surface area (Å²) in [7, 11) is 0. The molecule has 2 N–H and O–H groups in total. The second kappa shape index (κ2) is 10.6. The Balaban J connectivity index is 1.14. The number of nitrogens with one attached hydrogen (secondary N) is 2. The standard InChI is InChI=1S/C28H38FN3O2/c29-9-12-34-11-3-1-2-10-30-26-8-7-23-24(31-26)5-4-6-25(23)32-27(33)19-28-16-20-13-21(17-28)15-22(14-20)18-28/h4-8,20-22H,1-3,9-19H2,(H,30,31)(H,32,33)/i29-1. The molecule has 0 saturated heterocycles. The van der Waals surface area contributed by atoms with E-state index in [2.05, 4.69) is 16.7 Å². The maximum absolute atomic E-state index is 13.1. The van der Waals surface area contributed by atoms with Gasteiger partial charge < -0.3 is 15.4 Å². The lowest BCUT2D eigenvalue weighted by Gasteiger charge is -2.56. The number of nitrogens with zero attached hydrogens (tertiary/aromatic N) is 1. The van der Waals surface area contributed by atoms with Crippen molar-refractivity contribution in [1.82, 2.24) is 4.98 Å². The van der Waals surface area contributed by atoms with E-state index in [1.807, 2.05) is 24.3 Å². The van der Waals surface area contributed by atoms with Gasteiger partial charge in [-0.15, -0.1) is 0 Å². The van der Waals surface area contributed by atoms with Crippen LogP contribution in [0.5, 0.6) is 0 Å². The molecule has 1 aromatic heterocycles. The highest BCUT2D eigenvalue weighted by Gasteiger charge is 2.51. The Hall–Kier alpha value is -2.21. The van der Waals surface area contributed by atoms with Crippen molar-refractivity contribution in [2.24, 2.45) is 23.2 Å². The molecule has 0 unspecified atom stereocenters. The number of ether oxygens (including phenoxy) is 1. The minimum Gasteiger partial charge on any atom is -0.379 e. The minimum absolute atomic E-state index is 0.159. The number of rotatable bonds is 12.